The number of aromatic amines is 1. The number of likely N-dealkylation sites (N-methyl/N-ethyl adjacent to an activating group) is 1. The fourth-order valence-corrected chi connectivity index (χ4v) is 2.63. The summed E-state index contributed by atoms with van der Waals surface area (Å²) in [5.41, 5.74) is 2.42. The molecule has 3 rings (SSSR count). The van der Waals surface area contributed by atoms with Crippen LogP contribution in [-0.4, -0.2) is 39.7 Å². The maximum atomic E-state index is 10.4. The maximum absolute atomic E-state index is 10.4. The van der Waals surface area contributed by atoms with Gasteiger partial charge in [0, 0.05) is 28.2 Å². The van der Waals surface area contributed by atoms with Crippen molar-refractivity contribution >= 4 is 33.7 Å². The third-order valence-corrected chi connectivity index (χ3v) is 3.81. The molecule has 0 aliphatic carbocycles. The standard InChI is InChI=1S/C12H9N.C7H13NO4/c1-3-7-11-9(5-1)10-6-2-4-8-12(10)13-11;1-2-8-5(7(11)12)3-4-6(9)10/h1-8,13H;5,8H,2-4H2,1H3,(H,9,10)(H,11,12)/t;5-/m.0/s1. The Labute approximate surface area is 145 Å². The van der Waals surface area contributed by atoms with Gasteiger partial charge in [0.15, 0.2) is 0 Å². The SMILES string of the molecule is CCN[C@@H](CCC(=O)O)C(=O)O.c1ccc2c(c1)[nH]c1ccccc12. The minimum atomic E-state index is -1.00. The van der Waals surface area contributed by atoms with E-state index in [4.69, 9.17) is 10.2 Å². The van der Waals surface area contributed by atoms with Crippen LogP contribution in [0.5, 0.6) is 0 Å². The number of hydrogen-bond donors (Lipinski definition) is 4. The molecule has 0 aliphatic heterocycles. The Hall–Kier alpha value is -2.86. The number of aliphatic carboxylic acids is 2. The second kappa shape index (κ2) is 8.84. The van der Waals surface area contributed by atoms with Crippen molar-refractivity contribution in [1.29, 1.82) is 0 Å². The molecule has 132 valence electrons. The molecule has 0 spiro atoms. The lowest BCUT2D eigenvalue weighted by molar-refractivity contribution is -0.140. The van der Waals surface area contributed by atoms with Crippen LogP contribution in [-0.2, 0) is 9.59 Å². The van der Waals surface area contributed by atoms with Crippen LogP contribution in [0.15, 0.2) is 48.5 Å². The molecule has 0 radical (unpaired) electrons. The summed E-state index contributed by atoms with van der Waals surface area (Å²) in [5.74, 6) is -1.97. The number of para-hydroxylation sites is 2. The summed E-state index contributed by atoms with van der Waals surface area (Å²) in [6, 6.07) is 16.0. The summed E-state index contributed by atoms with van der Waals surface area (Å²) in [4.78, 5) is 23.9. The van der Waals surface area contributed by atoms with Crippen LogP contribution >= 0.6 is 0 Å². The number of rotatable bonds is 6. The van der Waals surface area contributed by atoms with E-state index in [2.05, 4.69) is 58.8 Å². The van der Waals surface area contributed by atoms with Crippen molar-refractivity contribution < 1.29 is 19.8 Å². The van der Waals surface area contributed by atoms with E-state index in [-0.39, 0.29) is 12.8 Å². The fraction of sp³-hybridized carbons (Fsp3) is 0.263. The predicted molar refractivity (Wildman–Crippen MR) is 97.8 cm³/mol. The number of carboxylic acids is 2. The predicted octanol–water partition coefficient (Wildman–Crippen LogP) is 3.24. The summed E-state index contributed by atoms with van der Waals surface area (Å²) in [6.07, 6.45) is 0.00245. The van der Waals surface area contributed by atoms with Gasteiger partial charge in [-0.2, -0.15) is 0 Å². The van der Waals surface area contributed by atoms with Gasteiger partial charge in [-0.25, -0.2) is 0 Å². The van der Waals surface area contributed by atoms with Gasteiger partial charge >= 0.3 is 11.9 Å². The lowest BCUT2D eigenvalue weighted by Gasteiger charge is -2.10. The van der Waals surface area contributed by atoms with Crippen LogP contribution < -0.4 is 5.32 Å². The smallest absolute Gasteiger partial charge is 0.320 e. The molecule has 1 heterocycles. The Bertz CT molecular complexity index is 806. The summed E-state index contributed by atoms with van der Waals surface area (Å²) in [6.45, 7) is 2.30. The number of carbonyl (C=O) groups is 2. The van der Waals surface area contributed by atoms with Gasteiger partial charge < -0.3 is 20.5 Å². The monoisotopic (exact) mass is 342 g/mol. The molecule has 2 aromatic carbocycles. The second-order valence-electron chi connectivity index (χ2n) is 5.60. The quantitative estimate of drug-likeness (QED) is 0.551. The molecule has 0 bridgehead atoms. The van der Waals surface area contributed by atoms with Crippen molar-refractivity contribution in [2.45, 2.75) is 25.8 Å². The molecule has 1 atom stereocenters. The van der Waals surface area contributed by atoms with Gasteiger partial charge in [-0.15, -0.1) is 0 Å². The van der Waals surface area contributed by atoms with Gasteiger partial charge in [-0.1, -0.05) is 43.3 Å². The van der Waals surface area contributed by atoms with E-state index in [1.165, 1.54) is 21.8 Å². The van der Waals surface area contributed by atoms with Crippen molar-refractivity contribution in [3.8, 4) is 0 Å². The van der Waals surface area contributed by atoms with E-state index >= 15 is 0 Å². The maximum Gasteiger partial charge on any atom is 0.320 e. The van der Waals surface area contributed by atoms with E-state index < -0.39 is 18.0 Å². The minimum absolute atomic E-state index is 0.121. The molecule has 6 heteroatoms. The van der Waals surface area contributed by atoms with E-state index in [1.54, 1.807) is 6.92 Å². The van der Waals surface area contributed by atoms with Crippen LogP contribution in [0.4, 0.5) is 0 Å². The van der Waals surface area contributed by atoms with E-state index in [0.29, 0.717) is 6.54 Å². The Morgan fingerprint density at radius 2 is 1.52 bits per heavy atom. The average Bonchev–Trinajstić information content (AvgIpc) is 2.97. The Kier molecular flexibility index (Phi) is 6.54. The largest absolute Gasteiger partial charge is 0.481 e. The third kappa shape index (κ3) is 5.06. The van der Waals surface area contributed by atoms with Crippen LogP contribution in [0.2, 0.25) is 0 Å². The first-order valence-corrected chi connectivity index (χ1v) is 8.16. The van der Waals surface area contributed by atoms with Gasteiger partial charge in [0.1, 0.15) is 6.04 Å². The number of H-pyrrole nitrogens is 1. The number of aromatic nitrogens is 1. The first-order valence-electron chi connectivity index (χ1n) is 8.16. The molecule has 0 saturated heterocycles. The molecule has 25 heavy (non-hydrogen) atoms. The number of nitrogens with one attached hydrogen (secondary N) is 2. The number of fused-ring (bicyclic) bond motifs is 3. The van der Waals surface area contributed by atoms with Crippen LogP contribution in [0.3, 0.4) is 0 Å². The zero-order chi connectivity index (χ0) is 18.2. The molecule has 6 nitrogen and oxygen atoms in total. The highest BCUT2D eigenvalue weighted by molar-refractivity contribution is 6.06. The summed E-state index contributed by atoms with van der Waals surface area (Å²) in [7, 11) is 0. The molecule has 0 amide bonds. The van der Waals surface area contributed by atoms with Crippen molar-refractivity contribution in [1.82, 2.24) is 10.3 Å². The highest BCUT2D eigenvalue weighted by atomic mass is 16.4. The topological polar surface area (TPSA) is 102 Å². The van der Waals surface area contributed by atoms with E-state index in [0.717, 1.165) is 0 Å². The molecule has 3 aromatic rings. The Balaban J connectivity index is 0.000000182. The van der Waals surface area contributed by atoms with Crippen LogP contribution in [0.25, 0.3) is 21.8 Å². The lowest BCUT2D eigenvalue weighted by atomic mass is 10.1. The molecule has 0 aliphatic rings. The molecule has 0 unspecified atom stereocenters. The average molecular weight is 342 g/mol. The van der Waals surface area contributed by atoms with Gasteiger partial charge in [-0.3, -0.25) is 9.59 Å². The van der Waals surface area contributed by atoms with Crippen LogP contribution in [0.1, 0.15) is 19.8 Å². The highest BCUT2D eigenvalue weighted by Crippen LogP contribution is 2.24. The summed E-state index contributed by atoms with van der Waals surface area (Å²) < 4.78 is 0. The van der Waals surface area contributed by atoms with Gasteiger partial charge in [0.2, 0.25) is 0 Å². The Morgan fingerprint density at radius 1 is 1.00 bits per heavy atom. The van der Waals surface area contributed by atoms with Crippen molar-refractivity contribution in [3.05, 3.63) is 48.5 Å². The van der Waals surface area contributed by atoms with E-state index in [1.807, 2.05) is 0 Å². The summed E-state index contributed by atoms with van der Waals surface area (Å²) >= 11 is 0. The van der Waals surface area contributed by atoms with Crippen molar-refractivity contribution in [2.75, 3.05) is 6.54 Å². The molecule has 0 fully saturated rings. The first kappa shape index (κ1) is 18.5. The van der Waals surface area contributed by atoms with Crippen molar-refractivity contribution in [2.24, 2.45) is 0 Å². The zero-order valence-corrected chi connectivity index (χ0v) is 14.0. The summed E-state index contributed by atoms with van der Waals surface area (Å²) in [5, 5.41) is 22.1. The van der Waals surface area contributed by atoms with E-state index in [9.17, 15) is 9.59 Å². The molecular weight excluding hydrogens is 320 g/mol. The number of carboxylic acid groups (broad SMARTS) is 2. The lowest BCUT2D eigenvalue weighted by Crippen LogP contribution is -2.36. The molecule has 0 saturated carbocycles. The number of hydrogen-bond acceptors (Lipinski definition) is 3. The number of benzene rings is 2. The minimum Gasteiger partial charge on any atom is -0.481 e. The highest BCUT2D eigenvalue weighted by Gasteiger charge is 2.16. The first-order chi connectivity index (χ1) is 12.0. The van der Waals surface area contributed by atoms with Gasteiger partial charge in [0.25, 0.3) is 0 Å². The third-order valence-electron chi connectivity index (χ3n) is 3.81. The zero-order valence-electron chi connectivity index (χ0n) is 14.0. The second-order valence-corrected chi connectivity index (χ2v) is 5.60. The fourth-order valence-electron chi connectivity index (χ4n) is 2.63. The molecule has 1 aromatic heterocycles. The van der Waals surface area contributed by atoms with Crippen molar-refractivity contribution in [3.63, 3.8) is 0 Å². The van der Waals surface area contributed by atoms with Gasteiger partial charge in [-0.05, 0) is 25.1 Å². The molecular formula is C19H22N2O4. The molecule has 4 N–H and O–H groups in total. The Morgan fingerprint density at radius 3 is 1.96 bits per heavy atom. The van der Waals surface area contributed by atoms with Crippen LogP contribution in [0, 0.1) is 0 Å². The van der Waals surface area contributed by atoms with Gasteiger partial charge in [0.05, 0.1) is 0 Å². The normalized spacial score (nSPS) is 11.7.